The molecule has 11 heavy (non-hydrogen) atoms. The molecule has 0 unspecified atom stereocenters. The standard InChI is InChI=1S/C9H16N2/c1-9(2,4-5-10)8-3-6-11-7-8/h3,6-7,11H,4-5,10H2,1-2H3. The van der Waals surface area contributed by atoms with E-state index in [1.54, 1.807) is 0 Å². The molecule has 0 aliphatic rings. The number of hydrogen-bond donors (Lipinski definition) is 2. The highest BCUT2D eigenvalue weighted by atomic mass is 14.6. The Kier molecular flexibility index (Phi) is 2.35. The van der Waals surface area contributed by atoms with Gasteiger partial charge in [0.25, 0.3) is 0 Å². The van der Waals surface area contributed by atoms with E-state index in [0.717, 1.165) is 13.0 Å². The van der Waals surface area contributed by atoms with Crippen LogP contribution in [0.3, 0.4) is 0 Å². The van der Waals surface area contributed by atoms with Crippen molar-refractivity contribution in [1.82, 2.24) is 4.98 Å². The van der Waals surface area contributed by atoms with E-state index in [0.29, 0.717) is 0 Å². The van der Waals surface area contributed by atoms with Gasteiger partial charge in [-0.25, -0.2) is 0 Å². The van der Waals surface area contributed by atoms with Gasteiger partial charge in [-0.2, -0.15) is 0 Å². The fourth-order valence-electron chi connectivity index (χ4n) is 1.25. The molecule has 0 amide bonds. The number of nitrogens with two attached hydrogens (primary N) is 1. The van der Waals surface area contributed by atoms with Crippen molar-refractivity contribution in [2.75, 3.05) is 6.54 Å². The zero-order chi connectivity index (χ0) is 8.32. The van der Waals surface area contributed by atoms with Crippen molar-refractivity contribution in [2.45, 2.75) is 25.7 Å². The quantitative estimate of drug-likeness (QED) is 0.679. The molecule has 0 saturated carbocycles. The van der Waals surface area contributed by atoms with Crippen LogP contribution in [0.2, 0.25) is 0 Å². The van der Waals surface area contributed by atoms with Gasteiger partial charge in [0.15, 0.2) is 0 Å². The Morgan fingerprint density at radius 1 is 1.55 bits per heavy atom. The van der Waals surface area contributed by atoms with E-state index < -0.39 is 0 Å². The molecule has 2 nitrogen and oxygen atoms in total. The first-order valence-electron chi connectivity index (χ1n) is 4.00. The van der Waals surface area contributed by atoms with Gasteiger partial charge in [0.05, 0.1) is 0 Å². The summed E-state index contributed by atoms with van der Waals surface area (Å²) in [6.07, 6.45) is 5.02. The van der Waals surface area contributed by atoms with Gasteiger partial charge < -0.3 is 10.7 Å². The summed E-state index contributed by atoms with van der Waals surface area (Å²) in [6.45, 7) is 5.17. The first kappa shape index (κ1) is 8.34. The van der Waals surface area contributed by atoms with Gasteiger partial charge >= 0.3 is 0 Å². The fourth-order valence-corrected chi connectivity index (χ4v) is 1.25. The van der Waals surface area contributed by atoms with Gasteiger partial charge in [-0.05, 0) is 30.0 Å². The lowest BCUT2D eigenvalue weighted by Crippen LogP contribution is -2.20. The summed E-state index contributed by atoms with van der Waals surface area (Å²) in [5.41, 5.74) is 7.06. The zero-order valence-corrected chi connectivity index (χ0v) is 7.22. The van der Waals surface area contributed by atoms with E-state index in [4.69, 9.17) is 5.73 Å². The normalized spacial score (nSPS) is 11.9. The molecule has 2 heteroatoms. The molecule has 62 valence electrons. The van der Waals surface area contributed by atoms with Crippen LogP contribution in [0.15, 0.2) is 18.5 Å². The van der Waals surface area contributed by atoms with E-state index in [2.05, 4.69) is 24.9 Å². The second-order valence-electron chi connectivity index (χ2n) is 3.52. The summed E-state index contributed by atoms with van der Waals surface area (Å²) in [4.78, 5) is 3.05. The van der Waals surface area contributed by atoms with E-state index in [9.17, 15) is 0 Å². The van der Waals surface area contributed by atoms with Crippen LogP contribution >= 0.6 is 0 Å². The number of nitrogens with one attached hydrogen (secondary N) is 1. The fraction of sp³-hybridized carbons (Fsp3) is 0.556. The van der Waals surface area contributed by atoms with Crippen molar-refractivity contribution >= 4 is 0 Å². The van der Waals surface area contributed by atoms with Crippen LogP contribution in [0.4, 0.5) is 0 Å². The minimum absolute atomic E-state index is 0.217. The van der Waals surface area contributed by atoms with Crippen LogP contribution in [0.25, 0.3) is 0 Å². The van der Waals surface area contributed by atoms with Gasteiger partial charge in [0.1, 0.15) is 0 Å². The first-order chi connectivity index (χ1) is 5.17. The van der Waals surface area contributed by atoms with Crippen molar-refractivity contribution < 1.29 is 0 Å². The van der Waals surface area contributed by atoms with Crippen LogP contribution in [0, 0.1) is 0 Å². The zero-order valence-electron chi connectivity index (χ0n) is 7.22. The summed E-state index contributed by atoms with van der Waals surface area (Å²) in [5, 5.41) is 0. The molecule has 1 heterocycles. The van der Waals surface area contributed by atoms with Gasteiger partial charge in [0.2, 0.25) is 0 Å². The lowest BCUT2D eigenvalue weighted by atomic mass is 9.83. The lowest BCUT2D eigenvalue weighted by molar-refractivity contribution is 0.488. The second-order valence-corrected chi connectivity index (χ2v) is 3.52. The maximum atomic E-state index is 5.51. The third kappa shape index (κ3) is 1.84. The van der Waals surface area contributed by atoms with Crippen LogP contribution in [0.1, 0.15) is 25.8 Å². The molecule has 0 aliphatic heterocycles. The van der Waals surface area contributed by atoms with Crippen LogP contribution in [-0.2, 0) is 5.41 Å². The Bertz CT molecular complexity index is 199. The van der Waals surface area contributed by atoms with Gasteiger partial charge in [0, 0.05) is 12.4 Å². The van der Waals surface area contributed by atoms with Crippen molar-refractivity contribution in [1.29, 1.82) is 0 Å². The Hall–Kier alpha value is -0.760. The Labute approximate surface area is 67.8 Å². The summed E-state index contributed by atoms with van der Waals surface area (Å²) >= 11 is 0. The van der Waals surface area contributed by atoms with E-state index in [-0.39, 0.29) is 5.41 Å². The maximum Gasteiger partial charge on any atom is 0.00428 e. The summed E-state index contributed by atoms with van der Waals surface area (Å²) < 4.78 is 0. The average molecular weight is 152 g/mol. The third-order valence-electron chi connectivity index (χ3n) is 2.15. The van der Waals surface area contributed by atoms with Crippen molar-refractivity contribution in [3.63, 3.8) is 0 Å². The third-order valence-corrected chi connectivity index (χ3v) is 2.15. The molecular weight excluding hydrogens is 136 g/mol. The van der Waals surface area contributed by atoms with Gasteiger partial charge in [-0.1, -0.05) is 13.8 Å². The van der Waals surface area contributed by atoms with Crippen molar-refractivity contribution in [3.05, 3.63) is 24.0 Å². The average Bonchev–Trinajstić information content (AvgIpc) is 2.37. The van der Waals surface area contributed by atoms with Crippen LogP contribution < -0.4 is 5.73 Å². The van der Waals surface area contributed by atoms with Gasteiger partial charge in [-0.15, -0.1) is 0 Å². The molecule has 0 spiro atoms. The highest BCUT2D eigenvalue weighted by Gasteiger charge is 2.19. The first-order valence-corrected chi connectivity index (χ1v) is 4.00. The summed E-state index contributed by atoms with van der Waals surface area (Å²) in [6, 6.07) is 2.11. The van der Waals surface area contributed by atoms with Crippen molar-refractivity contribution in [3.8, 4) is 0 Å². The van der Waals surface area contributed by atoms with Crippen molar-refractivity contribution in [2.24, 2.45) is 5.73 Å². The number of rotatable bonds is 3. The molecule has 0 aromatic carbocycles. The number of aromatic nitrogens is 1. The maximum absolute atomic E-state index is 5.51. The monoisotopic (exact) mass is 152 g/mol. The Balaban J connectivity index is 2.73. The number of H-pyrrole nitrogens is 1. The number of hydrogen-bond acceptors (Lipinski definition) is 1. The Morgan fingerprint density at radius 2 is 2.27 bits per heavy atom. The molecular formula is C9H16N2. The molecule has 0 radical (unpaired) electrons. The molecule has 1 aromatic heterocycles. The predicted molar refractivity (Wildman–Crippen MR) is 47.5 cm³/mol. The molecule has 1 aromatic rings. The van der Waals surface area contributed by atoms with Crippen LogP contribution in [0.5, 0.6) is 0 Å². The van der Waals surface area contributed by atoms with E-state index in [1.165, 1.54) is 5.56 Å². The predicted octanol–water partition coefficient (Wildman–Crippen LogP) is 1.64. The highest BCUT2D eigenvalue weighted by Crippen LogP contribution is 2.25. The molecule has 0 bridgehead atoms. The largest absolute Gasteiger partial charge is 0.367 e. The topological polar surface area (TPSA) is 41.8 Å². The SMILES string of the molecule is CC(C)(CCN)c1cc[nH]c1. The van der Waals surface area contributed by atoms with E-state index in [1.807, 2.05) is 12.4 Å². The minimum atomic E-state index is 0.217. The van der Waals surface area contributed by atoms with Gasteiger partial charge in [-0.3, -0.25) is 0 Å². The molecule has 3 N–H and O–H groups in total. The van der Waals surface area contributed by atoms with Crippen LogP contribution in [-0.4, -0.2) is 11.5 Å². The minimum Gasteiger partial charge on any atom is -0.367 e. The molecule has 0 saturated heterocycles. The molecule has 1 rings (SSSR count). The summed E-state index contributed by atoms with van der Waals surface area (Å²) in [5.74, 6) is 0. The lowest BCUT2D eigenvalue weighted by Gasteiger charge is -2.22. The summed E-state index contributed by atoms with van der Waals surface area (Å²) in [7, 11) is 0. The Morgan fingerprint density at radius 3 is 2.73 bits per heavy atom. The second kappa shape index (κ2) is 3.09. The number of aromatic amines is 1. The van der Waals surface area contributed by atoms with E-state index >= 15 is 0 Å². The highest BCUT2D eigenvalue weighted by molar-refractivity contribution is 5.19. The smallest absolute Gasteiger partial charge is 0.00428 e. The molecule has 0 aliphatic carbocycles. The molecule has 0 fully saturated rings. The molecule has 0 atom stereocenters.